The second-order valence-electron chi connectivity index (χ2n) is 7.36. The number of rotatable bonds is 6. The molecule has 2 aliphatic rings. The second-order valence-corrected chi connectivity index (χ2v) is 8.98. The standard InChI is InChI=1S/C18H21N6O7P/c1-11-9-24(18(26)21-17(11)25)16-8-13(22-23-19)15(30-16)10-29-32(27)28-7-4-14(31-32)12-2-5-20-6-3-12/h2-3,5-6,9,13-16H,4,7-8,10H2,1H3,(H,21,25,26)/t13-,14?,15+,16+,32?/m0/s1. The molecule has 0 aliphatic carbocycles. The van der Waals surface area contributed by atoms with Crippen LogP contribution in [0.4, 0.5) is 0 Å². The van der Waals surface area contributed by atoms with Crippen LogP contribution in [0, 0.1) is 6.92 Å². The summed E-state index contributed by atoms with van der Waals surface area (Å²) in [5, 5.41) is 3.71. The number of aromatic amines is 1. The van der Waals surface area contributed by atoms with Crippen LogP contribution in [0.1, 0.15) is 36.3 Å². The van der Waals surface area contributed by atoms with E-state index in [1.165, 1.54) is 10.8 Å². The summed E-state index contributed by atoms with van der Waals surface area (Å²) in [6.45, 7) is 1.47. The highest BCUT2D eigenvalue weighted by Crippen LogP contribution is 2.57. The van der Waals surface area contributed by atoms with E-state index in [0.717, 1.165) is 5.56 Å². The van der Waals surface area contributed by atoms with Crippen molar-refractivity contribution in [3.63, 3.8) is 0 Å². The number of pyridine rings is 1. The normalized spacial score (nSPS) is 30.0. The number of phosphoric acid groups is 1. The Kier molecular flexibility index (Phi) is 6.56. The van der Waals surface area contributed by atoms with Gasteiger partial charge in [0.25, 0.3) is 5.56 Å². The van der Waals surface area contributed by atoms with Gasteiger partial charge in [-0.1, -0.05) is 5.11 Å². The maximum Gasteiger partial charge on any atom is 0.475 e. The number of aryl methyl sites for hydroxylation is 1. The van der Waals surface area contributed by atoms with Crippen LogP contribution in [0.15, 0.2) is 45.4 Å². The average Bonchev–Trinajstić information content (AvgIpc) is 3.18. The smallest absolute Gasteiger partial charge is 0.352 e. The van der Waals surface area contributed by atoms with E-state index >= 15 is 0 Å². The van der Waals surface area contributed by atoms with E-state index in [1.54, 1.807) is 31.5 Å². The molecule has 2 unspecified atom stereocenters. The van der Waals surface area contributed by atoms with Crippen molar-refractivity contribution in [3.8, 4) is 0 Å². The van der Waals surface area contributed by atoms with E-state index in [0.29, 0.717) is 12.0 Å². The van der Waals surface area contributed by atoms with E-state index in [-0.39, 0.29) is 19.6 Å². The van der Waals surface area contributed by atoms with Gasteiger partial charge in [-0.2, -0.15) is 0 Å². The molecule has 32 heavy (non-hydrogen) atoms. The minimum Gasteiger partial charge on any atom is -0.352 e. The predicted molar refractivity (Wildman–Crippen MR) is 110 cm³/mol. The Morgan fingerprint density at radius 3 is 2.94 bits per heavy atom. The van der Waals surface area contributed by atoms with Crippen molar-refractivity contribution in [3.05, 3.63) is 73.1 Å². The van der Waals surface area contributed by atoms with Gasteiger partial charge in [0.15, 0.2) is 0 Å². The third-order valence-corrected chi connectivity index (χ3v) is 6.70. The third kappa shape index (κ3) is 4.83. The van der Waals surface area contributed by atoms with Gasteiger partial charge < -0.3 is 4.74 Å². The van der Waals surface area contributed by atoms with Crippen LogP contribution in [0.25, 0.3) is 10.4 Å². The number of nitrogens with zero attached hydrogens (tertiary/aromatic N) is 5. The van der Waals surface area contributed by atoms with Gasteiger partial charge in [0.2, 0.25) is 0 Å². The molecule has 4 rings (SSSR count). The zero-order valence-electron chi connectivity index (χ0n) is 17.1. The highest BCUT2D eigenvalue weighted by atomic mass is 31.2. The van der Waals surface area contributed by atoms with Crippen LogP contribution in [0.3, 0.4) is 0 Å². The molecule has 1 N–H and O–H groups in total. The van der Waals surface area contributed by atoms with Crippen molar-refractivity contribution in [1.29, 1.82) is 0 Å². The van der Waals surface area contributed by atoms with Gasteiger partial charge in [-0.05, 0) is 30.2 Å². The number of ether oxygens (including phenoxy) is 1. The van der Waals surface area contributed by atoms with Gasteiger partial charge in [0.1, 0.15) is 6.23 Å². The topological polar surface area (TPSA) is 170 Å². The van der Waals surface area contributed by atoms with Gasteiger partial charge in [-0.3, -0.25) is 32.9 Å². The molecule has 13 nitrogen and oxygen atoms in total. The lowest BCUT2D eigenvalue weighted by Gasteiger charge is -2.29. The lowest BCUT2D eigenvalue weighted by Crippen LogP contribution is -2.33. The fourth-order valence-electron chi connectivity index (χ4n) is 3.57. The van der Waals surface area contributed by atoms with Gasteiger partial charge >= 0.3 is 13.5 Å². The Balaban J connectivity index is 1.46. The summed E-state index contributed by atoms with van der Waals surface area (Å²) >= 11 is 0. The van der Waals surface area contributed by atoms with Crippen LogP contribution in [-0.4, -0.2) is 39.9 Å². The van der Waals surface area contributed by atoms with Gasteiger partial charge in [-0.25, -0.2) is 9.36 Å². The number of phosphoric ester groups is 1. The molecule has 2 aromatic rings. The Morgan fingerprint density at radius 2 is 2.19 bits per heavy atom. The first-order valence-corrected chi connectivity index (χ1v) is 11.3. The first-order valence-electron chi connectivity index (χ1n) is 9.88. The molecule has 0 saturated carbocycles. The number of azide groups is 1. The molecule has 0 bridgehead atoms. The summed E-state index contributed by atoms with van der Waals surface area (Å²) < 4.78 is 36.4. The summed E-state index contributed by atoms with van der Waals surface area (Å²) in [6.07, 6.45) is 3.15. The van der Waals surface area contributed by atoms with Crippen molar-refractivity contribution in [1.82, 2.24) is 14.5 Å². The van der Waals surface area contributed by atoms with E-state index in [9.17, 15) is 14.2 Å². The van der Waals surface area contributed by atoms with Crippen molar-refractivity contribution in [2.75, 3.05) is 13.2 Å². The van der Waals surface area contributed by atoms with Gasteiger partial charge in [0, 0.05) is 41.9 Å². The van der Waals surface area contributed by atoms with Crippen LogP contribution in [0.5, 0.6) is 0 Å². The first-order chi connectivity index (χ1) is 15.4. The average molecular weight is 464 g/mol. The Bertz CT molecular complexity index is 1180. The Labute approximate surface area is 181 Å². The number of nitrogens with one attached hydrogen (secondary N) is 1. The monoisotopic (exact) mass is 464 g/mol. The number of hydrogen-bond acceptors (Lipinski definition) is 9. The fraction of sp³-hybridized carbons (Fsp3) is 0.500. The summed E-state index contributed by atoms with van der Waals surface area (Å²) in [5.41, 5.74) is 8.87. The maximum absolute atomic E-state index is 13.0. The summed E-state index contributed by atoms with van der Waals surface area (Å²) in [4.78, 5) is 32.8. The quantitative estimate of drug-likeness (QED) is 0.294. The minimum atomic E-state index is -3.90. The largest absolute Gasteiger partial charge is 0.475 e. The summed E-state index contributed by atoms with van der Waals surface area (Å²) in [6, 6.07) is 2.82. The van der Waals surface area contributed by atoms with Crippen molar-refractivity contribution in [2.45, 2.75) is 44.2 Å². The molecule has 2 aliphatic heterocycles. The maximum atomic E-state index is 13.0. The molecule has 170 valence electrons. The number of aromatic nitrogens is 3. The highest BCUT2D eigenvalue weighted by Gasteiger charge is 2.41. The SMILES string of the molecule is Cc1cn([C@H]2C[C@H](N=[N+]=[N-])[C@@H](COP3(=O)OCCC(c4ccncc4)O3)O2)c(=O)[nH]c1=O. The zero-order valence-corrected chi connectivity index (χ0v) is 18.0. The van der Waals surface area contributed by atoms with Crippen molar-refractivity contribution in [2.24, 2.45) is 5.11 Å². The van der Waals surface area contributed by atoms with Crippen molar-refractivity contribution >= 4 is 7.82 Å². The molecule has 0 aromatic carbocycles. The van der Waals surface area contributed by atoms with Crippen LogP contribution >= 0.6 is 7.82 Å². The highest BCUT2D eigenvalue weighted by molar-refractivity contribution is 7.48. The van der Waals surface area contributed by atoms with E-state index in [4.69, 9.17) is 23.8 Å². The lowest BCUT2D eigenvalue weighted by atomic mass is 10.1. The minimum absolute atomic E-state index is 0.162. The van der Waals surface area contributed by atoms with E-state index < -0.39 is 43.5 Å². The molecular weight excluding hydrogens is 443 g/mol. The molecule has 2 saturated heterocycles. The predicted octanol–water partition coefficient (Wildman–Crippen LogP) is 2.51. The molecule has 2 aromatic heterocycles. The first kappa shape index (κ1) is 22.4. The molecule has 0 spiro atoms. The third-order valence-electron chi connectivity index (χ3n) is 5.22. The van der Waals surface area contributed by atoms with E-state index in [2.05, 4.69) is 20.0 Å². The van der Waals surface area contributed by atoms with Gasteiger partial charge in [-0.15, -0.1) is 0 Å². The van der Waals surface area contributed by atoms with Crippen LogP contribution in [-0.2, 0) is 22.9 Å². The summed E-state index contributed by atoms with van der Waals surface area (Å²) in [5.74, 6) is 0. The molecule has 4 heterocycles. The molecule has 2 fully saturated rings. The van der Waals surface area contributed by atoms with Gasteiger partial charge in [0.05, 0.1) is 31.5 Å². The van der Waals surface area contributed by atoms with Crippen molar-refractivity contribution < 1.29 is 22.9 Å². The van der Waals surface area contributed by atoms with E-state index in [1.807, 2.05) is 0 Å². The molecule has 5 atom stereocenters. The summed E-state index contributed by atoms with van der Waals surface area (Å²) in [7, 11) is -3.90. The second kappa shape index (κ2) is 9.37. The van der Waals surface area contributed by atoms with Crippen LogP contribution < -0.4 is 11.2 Å². The lowest BCUT2D eigenvalue weighted by molar-refractivity contribution is -0.0391. The number of H-pyrrole nitrogens is 1. The van der Waals surface area contributed by atoms with Crippen LogP contribution in [0.2, 0.25) is 0 Å². The zero-order chi connectivity index (χ0) is 22.7. The molecule has 0 amide bonds. The molecule has 14 heteroatoms. The molecule has 0 radical (unpaired) electrons. The number of hydrogen-bond donors (Lipinski definition) is 1. The Hall–Kier alpha value is -2.79. The molecular formula is C18H21N6O7P. The Morgan fingerprint density at radius 1 is 1.41 bits per heavy atom. The fourth-order valence-corrected chi connectivity index (χ4v) is 4.97.